The monoisotopic (exact) mass is 387 g/mol. The van der Waals surface area contributed by atoms with Crippen LogP contribution in [0.15, 0.2) is 48.5 Å². The van der Waals surface area contributed by atoms with Crippen molar-refractivity contribution in [2.75, 3.05) is 17.2 Å². The number of carbonyl (C=O) groups excluding carboxylic acids is 3. The third-order valence-corrected chi connectivity index (χ3v) is 3.28. The summed E-state index contributed by atoms with van der Waals surface area (Å²) in [5.74, 6) is -1.44. The SMILES string of the molecule is CC(C)(C)OC(=O)NCC(=O)Nc1cccc(NC(=O)c2cccc(F)c2)c1. The first-order valence-corrected chi connectivity index (χ1v) is 8.56. The number of amides is 3. The van der Waals surface area contributed by atoms with Crippen LogP contribution in [0.1, 0.15) is 31.1 Å². The van der Waals surface area contributed by atoms with Crippen molar-refractivity contribution in [3.63, 3.8) is 0 Å². The molecule has 7 nitrogen and oxygen atoms in total. The van der Waals surface area contributed by atoms with E-state index in [1.165, 1.54) is 18.2 Å². The Bertz CT molecular complexity index is 878. The second-order valence-electron chi connectivity index (χ2n) is 6.95. The van der Waals surface area contributed by atoms with Crippen LogP contribution in [-0.2, 0) is 9.53 Å². The highest BCUT2D eigenvalue weighted by Gasteiger charge is 2.16. The maximum Gasteiger partial charge on any atom is 0.408 e. The van der Waals surface area contributed by atoms with Crippen molar-refractivity contribution in [3.05, 3.63) is 59.9 Å². The van der Waals surface area contributed by atoms with Crippen LogP contribution < -0.4 is 16.0 Å². The number of ether oxygens (including phenoxy) is 1. The molecule has 0 fully saturated rings. The van der Waals surface area contributed by atoms with Gasteiger partial charge in [0.2, 0.25) is 5.91 Å². The zero-order valence-corrected chi connectivity index (χ0v) is 15.8. The van der Waals surface area contributed by atoms with Crippen molar-refractivity contribution in [2.24, 2.45) is 0 Å². The van der Waals surface area contributed by atoms with Gasteiger partial charge in [-0.2, -0.15) is 0 Å². The number of halogens is 1. The van der Waals surface area contributed by atoms with E-state index in [4.69, 9.17) is 4.74 Å². The molecule has 0 radical (unpaired) electrons. The van der Waals surface area contributed by atoms with Crippen LogP contribution in [0.5, 0.6) is 0 Å². The highest BCUT2D eigenvalue weighted by atomic mass is 19.1. The molecule has 3 amide bonds. The quantitative estimate of drug-likeness (QED) is 0.731. The summed E-state index contributed by atoms with van der Waals surface area (Å²) in [5, 5.41) is 7.58. The highest BCUT2D eigenvalue weighted by molar-refractivity contribution is 6.04. The first-order valence-electron chi connectivity index (χ1n) is 8.56. The number of hydrogen-bond acceptors (Lipinski definition) is 4. The standard InChI is InChI=1S/C20H22FN3O4/c1-20(2,3)28-19(27)22-12-17(25)23-15-8-5-9-16(11-15)24-18(26)13-6-4-7-14(21)10-13/h4-11H,12H2,1-3H3,(H,22,27)(H,23,25)(H,24,26). The van der Waals surface area contributed by atoms with Gasteiger partial charge in [0.05, 0.1) is 0 Å². The zero-order valence-electron chi connectivity index (χ0n) is 15.8. The molecule has 0 unspecified atom stereocenters. The van der Waals surface area contributed by atoms with Crippen molar-refractivity contribution in [2.45, 2.75) is 26.4 Å². The van der Waals surface area contributed by atoms with Gasteiger partial charge in [0, 0.05) is 16.9 Å². The second kappa shape index (κ2) is 8.98. The molecule has 2 rings (SSSR count). The molecule has 0 heterocycles. The summed E-state index contributed by atoms with van der Waals surface area (Å²) in [4.78, 5) is 35.7. The summed E-state index contributed by atoms with van der Waals surface area (Å²) in [7, 11) is 0. The summed E-state index contributed by atoms with van der Waals surface area (Å²) in [6.07, 6.45) is -0.696. The average molecular weight is 387 g/mol. The normalized spacial score (nSPS) is 10.7. The van der Waals surface area contributed by atoms with Gasteiger partial charge in [0.15, 0.2) is 0 Å². The van der Waals surface area contributed by atoms with E-state index >= 15 is 0 Å². The Morgan fingerprint density at radius 2 is 1.61 bits per heavy atom. The molecule has 8 heteroatoms. The fourth-order valence-electron chi connectivity index (χ4n) is 2.18. The van der Waals surface area contributed by atoms with Crippen molar-refractivity contribution in [1.29, 1.82) is 0 Å². The number of alkyl carbamates (subject to hydrolysis) is 1. The first-order chi connectivity index (χ1) is 13.1. The van der Waals surface area contributed by atoms with Crippen molar-refractivity contribution in [3.8, 4) is 0 Å². The van der Waals surface area contributed by atoms with E-state index in [1.54, 1.807) is 45.0 Å². The molecule has 0 spiro atoms. The summed E-state index contributed by atoms with van der Waals surface area (Å²) in [6, 6.07) is 11.8. The molecule has 28 heavy (non-hydrogen) atoms. The Morgan fingerprint density at radius 1 is 0.964 bits per heavy atom. The van der Waals surface area contributed by atoms with Crippen molar-refractivity contribution < 1.29 is 23.5 Å². The molecule has 0 atom stereocenters. The fourth-order valence-corrected chi connectivity index (χ4v) is 2.18. The van der Waals surface area contributed by atoms with Gasteiger partial charge in [0.1, 0.15) is 18.0 Å². The zero-order chi connectivity index (χ0) is 20.7. The topological polar surface area (TPSA) is 96.5 Å². The molecule has 0 aliphatic carbocycles. The van der Waals surface area contributed by atoms with Crippen LogP contribution in [0.4, 0.5) is 20.6 Å². The van der Waals surface area contributed by atoms with Crippen LogP contribution >= 0.6 is 0 Å². The maximum absolute atomic E-state index is 13.2. The Labute approximate surface area is 162 Å². The molecule has 0 aliphatic heterocycles. The number of carbonyl (C=O) groups is 3. The minimum Gasteiger partial charge on any atom is -0.444 e. The number of rotatable bonds is 5. The number of nitrogens with one attached hydrogen (secondary N) is 3. The average Bonchev–Trinajstić information content (AvgIpc) is 2.59. The van der Waals surface area contributed by atoms with Gasteiger partial charge < -0.3 is 20.7 Å². The van der Waals surface area contributed by atoms with E-state index in [2.05, 4.69) is 16.0 Å². The molecular formula is C20H22FN3O4. The predicted octanol–water partition coefficient (Wildman–Crippen LogP) is 3.54. The van der Waals surface area contributed by atoms with Crippen LogP contribution in [0, 0.1) is 5.82 Å². The molecule has 148 valence electrons. The largest absolute Gasteiger partial charge is 0.444 e. The van der Waals surface area contributed by atoms with E-state index in [0.717, 1.165) is 6.07 Å². The Kier molecular flexibility index (Phi) is 6.70. The molecule has 0 saturated heterocycles. The summed E-state index contributed by atoms with van der Waals surface area (Å²) >= 11 is 0. The van der Waals surface area contributed by atoms with Gasteiger partial charge >= 0.3 is 6.09 Å². The predicted molar refractivity (Wildman–Crippen MR) is 104 cm³/mol. The lowest BCUT2D eigenvalue weighted by Gasteiger charge is -2.19. The molecule has 3 N–H and O–H groups in total. The van der Waals surface area contributed by atoms with Crippen LogP contribution in [0.25, 0.3) is 0 Å². The van der Waals surface area contributed by atoms with Gasteiger partial charge in [-0.15, -0.1) is 0 Å². The Morgan fingerprint density at radius 3 is 2.25 bits per heavy atom. The Balaban J connectivity index is 1.91. The van der Waals surface area contributed by atoms with Crippen LogP contribution in [-0.4, -0.2) is 30.1 Å². The van der Waals surface area contributed by atoms with Crippen molar-refractivity contribution in [1.82, 2.24) is 5.32 Å². The van der Waals surface area contributed by atoms with E-state index in [-0.39, 0.29) is 12.1 Å². The fraction of sp³-hybridized carbons (Fsp3) is 0.250. The minimum absolute atomic E-state index is 0.177. The molecule has 0 bridgehead atoms. The highest BCUT2D eigenvalue weighted by Crippen LogP contribution is 2.16. The summed E-state index contributed by atoms with van der Waals surface area (Å²) < 4.78 is 18.3. The molecule has 2 aromatic carbocycles. The molecule has 0 aliphatic rings. The van der Waals surface area contributed by atoms with E-state index in [9.17, 15) is 18.8 Å². The first kappa shape index (κ1) is 20.9. The third-order valence-electron chi connectivity index (χ3n) is 3.28. The van der Waals surface area contributed by atoms with Gasteiger partial charge in [0.25, 0.3) is 5.91 Å². The summed E-state index contributed by atoms with van der Waals surface area (Å²) in [5.41, 5.74) is 0.366. The lowest BCUT2D eigenvalue weighted by molar-refractivity contribution is -0.115. The van der Waals surface area contributed by atoms with Gasteiger partial charge in [-0.05, 0) is 57.2 Å². The molecule has 2 aromatic rings. The lowest BCUT2D eigenvalue weighted by atomic mass is 10.2. The molecular weight excluding hydrogens is 365 g/mol. The van der Waals surface area contributed by atoms with E-state index in [1.807, 2.05) is 0 Å². The molecule has 0 saturated carbocycles. The number of hydrogen-bond donors (Lipinski definition) is 3. The van der Waals surface area contributed by atoms with Crippen LogP contribution in [0.3, 0.4) is 0 Å². The van der Waals surface area contributed by atoms with E-state index < -0.39 is 29.3 Å². The van der Waals surface area contributed by atoms with Gasteiger partial charge in [-0.25, -0.2) is 9.18 Å². The molecule has 0 aromatic heterocycles. The lowest BCUT2D eigenvalue weighted by Crippen LogP contribution is -2.37. The smallest absolute Gasteiger partial charge is 0.408 e. The van der Waals surface area contributed by atoms with E-state index in [0.29, 0.717) is 11.4 Å². The van der Waals surface area contributed by atoms with Crippen molar-refractivity contribution >= 4 is 29.3 Å². The number of benzene rings is 2. The summed E-state index contributed by atoms with van der Waals surface area (Å²) in [6.45, 7) is 4.89. The third kappa shape index (κ3) is 7.06. The minimum atomic E-state index is -0.696. The second-order valence-corrected chi connectivity index (χ2v) is 6.95. The number of anilines is 2. The van der Waals surface area contributed by atoms with Gasteiger partial charge in [-0.1, -0.05) is 12.1 Å². The maximum atomic E-state index is 13.2. The van der Waals surface area contributed by atoms with Gasteiger partial charge in [-0.3, -0.25) is 9.59 Å². The van der Waals surface area contributed by atoms with Crippen LogP contribution in [0.2, 0.25) is 0 Å². The Hall–Kier alpha value is -3.42.